The van der Waals surface area contributed by atoms with Crippen LogP contribution in [-0.4, -0.2) is 6.21 Å². The van der Waals surface area contributed by atoms with Crippen LogP contribution in [0.2, 0.25) is 0 Å². The zero-order valence-electron chi connectivity index (χ0n) is 6.82. The van der Waals surface area contributed by atoms with Crippen LogP contribution in [0.15, 0.2) is 12.2 Å². The van der Waals surface area contributed by atoms with Crippen molar-refractivity contribution in [3.05, 3.63) is 12.2 Å². The minimum Gasteiger partial charge on any atom is -0.308 e. The summed E-state index contributed by atoms with van der Waals surface area (Å²) in [7, 11) is 0. The molecule has 0 amide bonds. The van der Waals surface area contributed by atoms with Gasteiger partial charge in [-0.3, -0.25) is 0 Å². The van der Waals surface area contributed by atoms with Crippen molar-refractivity contribution in [2.24, 2.45) is 0 Å². The highest BCUT2D eigenvalue weighted by molar-refractivity contribution is 5.74. The molecule has 0 aliphatic heterocycles. The van der Waals surface area contributed by atoms with Gasteiger partial charge in [-0.15, -0.1) is 0 Å². The standard InChI is InChI=1S/C9H17N/c1-3-4-5-6-7-9(2)8-10/h8,10H,2-7H2,1H3. The molecule has 0 saturated carbocycles. The summed E-state index contributed by atoms with van der Waals surface area (Å²) < 4.78 is 0. The Morgan fingerprint density at radius 1 is 1.40 bits per heavy atom. The highest BCUT2D eigenvalue weighted by Gasteiger charge is 1.89. The lowest BCUT2D eigenvalue weighted by Gasteiger charge is -1.97. The molecule has 0 bridgehead atoms. The van der Waals surface area contributed by atoms with E-state index in [-0.39, 0.29) is 0 Å². The van der Waals surface area contributed by atoms with Gasteiger partial charge in [-0.05, 0) is 18.4 Å². The van der Waals surface area contributed by atoms with E-state index in [4.69, 9.17) is 5.41 Å². The summed E-state index contributed by atoms with van der Waals surface area (Å²) in [6, 6.07) is 0. The normalized spacial score (nSPS) is 9.30. The van der Waals surface area contributed by atoms with E-state index in [9.17, 15) is 0 Å². The smallest absolute Gasteiger partial charge is 0.0203 e. The Morgan fingerprint density at radius 2 is 2.10 bits per heavy atom. The highest BCUT2D eigenvalue weighted by atomic mass is 14.3. The second-order valence-electron chi connectivity index (χ2n) is 2.61. The first-order valence-electron chi connectivity index (χ1n) is 3.99. The Morgan fingerprint density at radius 3 is 2.60 bits per heavy atom. The van der Waals surface area contributed by atoms with Gasteiger partial charge in [0.15, 0.2) is 0 Å². The van der Waals surface area contributed by atoms with Crippen molar-refractivity contribution in [3.63, 3.8) is 0 Å². The quantitative estimate of drug-likeness (QED) is 0.431. The zero-order chi connectivity index (χ0) is 7.82. The topological polar surface area (TPSA) is 23.9 Å². The molecule has 1 nitrogen and oxygen atoms in total. The summed E-state index contributed by atoms with van der Waals surface area (Å²) in [6.07, 6.45) is 7.42. The van der Waals surface area contributed by atoms with E-state index in [1.165, 1.54) is 31.9 Å². The summed E-state index contributed by atoms with van der Waals surface area (Å²) in [5, 5.41) is 6.86. The van der Waals surface area contributed by atoms with E-state index < -0.39 is 0 Å². The van der Waals surface area contributed by atoms with Gasteiger partial charge in [0.05, 0.1) is 0 Å². The molecule has 0 unspecified atom stereocenters. The van der Waals surface area contributed by atoms with Gasteiger partial charge >= 0.3 is 0 Å². The summed E-state index contributed by atoms with van der Waals surface area (Å²) in [6.45, 7) is 5.93. The van der Waals surface area contributed by atoms with Crippen LogP contribution in [-0.2, 0) is 0 Å². The van der Waals surface area contributed by atoms with Gasteiger partial charge in [0.25, 0.3) is 0 Å². The maximum Gasteiger partial charge on any atom is 0.0203 e. The largest absolute Gasteiger partial charge is 0.308 e. The molecule has 0 aromatic rings. The highest BCUT2D eigenvalue weighted by Crippen LogP contribution is 2.06. The van der Waals surface area contributed by atoms with Gasteiger partial charge in [0.1, 0.15) is 0 Å². The number of rotatable bonds is 6. The van der Waals surface area contributed by atoms with Gasteiger partial charge in [0, 0.05) is 6.21 Å². The first-order chi connectivity index (χ1) is 4.81. The van der Waals surface area contributed by atoms with Crippen molar-refractivity contribution in [2.75, 3.05) is 0 Å². The lowest BCUT2D eigenvalue weighted by Crippen LogP contribution is -1.82. The molecule has 1 N–H and O–H groups in total. The van der Waals surface area contributed by atoms with Crippen LogP contribution in [0.1, 0.15) is 39.0 Å². The Labute approximate surface area is 63.7 Å². The lowest BCUT2D eigenvalue weighted by atomic mass is 10.1. The van der Waals surface area contributed by atoms with Crippen molar-refractivity contribution in [3.8, 4) is 0 Å². The third-order valence-corrected chi connectivity index (χ3v) is 1.56. The van der Waals surface area contributed by atoms with E-state index >= 15 is 0 Å². The van der Waals surface area contributed by atoms with Crippen LogP contribution in [0.25, 0.3) is 0 Å². The van der Waals surface area contributed by atoms with E-state index in [1.807, 2.05) is 0 Å². The number of unbranched alkanes of at least 4 members (excludes halogenated alkanes) is 3. The predicted molar refractivity (Wildman–Crippen MR) is 46.7 cm³/mol. The molecule has 0 aromatic heterocycles. The summed E-state index contributed by atoms with van der Waals surface area (Å²) in [5.74, 6) is 0. The van der Waals surface area contributed by atoms with E-state index in [0.717, 1.165) is 12.0 Å². The van der Waals surface area contributed by atoms with E-state index in [0.29, 0.717) is 0 Å². The SMILES string of the molecule is C=C(C=N)CCCCCC. The first-order valence-corrected chi connectivity index (χ1v) is 3.99. The monoisotopic (exact) mass is 139 g/mol. The minimum atomic E-state index is 0.955. The number of hydrogen-bond acceptors (Lipinski definition) is 1. The van der Waals surface area contributed by atoms with Crippen LogP contribution in [0.3, 0.4) is 0 Å². The molecule has 10 heavy (non-hydrogen) atoms. The molecule has 0 radical (unpaired) electrons. The zero-order valence-corrected chi connectivity index (χ0v) is 6.82. The third-order valence-electron chi connectivity index (χ3n) is 1.56. The molecule has 0 aliphatic rings. The van der Waals surface area contributed by atoms with Crippen LogP contribution in [0.4, 0.5) is 0 Å². The van der Waals surface area contributed by atoms with E-state index in [2.05, 4.69) is 13.5 Å². The molecule has 0 spiro atoms. The minimum absolute atomic E-state index is 0.955. The number of nitrogens with one attached hydrogen (secondary N) is 1. The van der Waals surface area contributed by atoms with Crippen molar-refractivity contribution in [2.45, 2.75) is 39.0 Å². The summed E-state index contributed by atoms with van der Waals surface area (Å²) in [4.78, 5) is 0. The second-order valence-corrected chi connectivity index (χ2v) is 2.61. The van der Waals surface area contributed by atoms with Gasteiger partial charge < -0.3 is 5.41 Å². The molecular formula is C9H17N. The Kier molecular flexibility index (Phi) is 6.14. The molecular weight excluding hydrogens is 122 g/mol. The van der Waals surface area contributed by atoms with Crippen LogP contribution in [0.5, 0.6) is 0 Å². The fourth-order valence-electron chi connectivity index (χ4n) is 0.851. The summed E-state index contributed by atoms with van der Waals surface area (Å²) >= 11 is 0. The number of hydrogen-bond donors (Lipinski definition) is 1. The van der Waals surface area contributed by atoms with E-state index in [1.54, 1.807) is 0 Å². The maximum absolute atomic E-state index is 6.86. The van der Waals surface area contributed by atoms with Crippen molar-refractivity contribution >= 4 is 6.21 Å². The first kappa shape index (κ1) is 9.41. The lowest BCUT2D eigenvalue weighted by molar-refractivity contribution is 0.671. The Bertz CT molecular complexity index is 105. The van der Waals surface area contributed by atoms with Crippen LogP contribution >= 0.6 is 0 Å². The summed E-state index contributed by atoms with van der Waals surface area (Å²) in [5.41, 5.74) is 0.955. The van der Waals surface area contributed by atoms with Crippen molar-refractivity contribution in [1.82, 2.24) is 0 Å². The molecule has 0 aromatic carbocycles. The molecule has 0 aliphatic carbocycles. The van der Waals surface area contributed by atoms with Gasteiger partial charge in [-0.2, -0.15) is 0 Å². The van der Waals surface area contributed by atoms with Crippen LogP contribution < -0.4 is 0 Å². The average molecular weight is 139 g/mol. The second kappa shape index (κ2) is 6.53. The predicted octanol–water partition coefficient (Wildman–Crippen LogP) is 3.16. The Balaban J connectivity index is 3.03. The molecule has 0 rings (SSSR count). The molecule has 0 saturated heterocycles. The molecule has 1 heteroatoms. The molecule has 0 heterocycles. The van der Waals surface area contributed by atoms with Gasteiger partial charge in [-0.1, -0.05) is 32.8 Å². The van der Waals surface area contributed by atoms with Crippen LogP contribution in [0, 0.1) is 5.41 Å². The Hall–Kier alpha value is -0.590. The fourth-order valence-corrected chi connectivity index (χ4v) is 0.851. The molecule has 58 valence electrons. The van der Waals surface area contributed by atoms with Gasteiger partial charge in [-0.25, -0.2) is 0 Å². The van der Waals surface area contributed by atoms with Crippen molar-refractivity contribution in [1.29, 1.82) is 5.41 Å². The maximum atomic E-state index is 6.86. The molecule has 0 atom stereocenters. The average Bonchev–Trinajstić information content (AvgIpc) is 1.98. The number of allylic oxidation sites excluding steroid dienone is 1. The van der Waals surface area contributed by atoms with Gasteiger partial charge in [0.2, 0.25) is 0 Å². The molecule has 0 fully saturated rings. The van der Waals surface area contributed by atoms with Crippen molar-refractivity contribution < 1.29 is 0 Å². The third kappa shape index (κ3) is 5.54. The fraction of sp³-hybridized carbons (Fsp3) is 0.667.